The van der Waals surface area contributed by atoms with Gasteiger partial charge in [-0.2, -0.15) is 0 Å². The Balaban J connectivity index is 1.79. The average molecular weight is 375 g/mol. The summed E-state index contributed by atoms with van der Waals surface area (Å²) in [7, 11) is 1.56. The van der Waals surface area contributed by atoms with Gasteiger partial charge in [0.05, 0.1) is 11.4 Å². The van der Waals surface area contributed by atoms with Crippen molar-refractivity contribution in [2.45, 2.75) is 11.7 Å². The number of hydrogen-bond donors (Lipinski definition) is 1. The first-order valence-corrected chi connectivity index (χ1v) is 8.65. The van der Waals surface area contributed by atoms with Crippen molar-refractivity contribution in [3.05, 3.63) is 60.2 Å². The first kappa shape index (κ1) is 18.1. The standard InChI is InChI=1S/C18H15F2N3O2S/c1-23-16(24)10-15(17(25)22-14-5-3-2-4-13(14)20)26-18(23)21-12-8-6-11(19)7-9-12/h2-9,15H,10H2,1H3,(H,22,25). The molecule has 0 aliphatic carbocycles. The number of halogens is 2. The van der Waals surface area contributed by atoms with Crippen LogP contribution in [0.15, 0.2) is 53.5 Å². The highest BCUT2D eigenvalue weighted by atomic mass is 32.2. The van der Waals surface area contributed by atoms with Crippen LogP contribution in [0.4, 0.5) is 20.2 Å². The molecule has 2 aromatic rings. The third-order valence-corrected chi connectivity index (χ3v) is 4.99. The molecule has 1 heterocycles. The van der Waals surface area contributed by atoms with Crippen LogP contribution >= 0.6 is 11.8 Å². The van der Waals surface area contributed by atoms with E-state index in [4.69, 9.17) is 0 Å². The number of para-hydroxylation sites is 1. The number of aliphatic imine (C=N–C) groups is 1. The molecular formula is C18H15F2N3O2S. The van der Waals surface area contributed by atoms with E-state index in [-0.39, 0.29) is 18.0 Å². The van der Waals surface area contributed by atoms with Crippen molar-refractivity contribution >= 4 is 40.1 Å². The zero-order valence-electron chi connectivity index (χ0n) is 13.8. The van der Waals surface area contributed by atoms with Crippen molar-refractivity contribution in [1.29, 1.82) is 0 Å². The molecule has 134 valence electrons. The lowest BCUT2D eigenvalue weighted by atomic mass is 10.2. The molecule has 3 rings (SSSR count). The van der Waals surface area contributed by atoms with Gasteiger partial charge in [0.1, 0.15) is 16.9 Å². The number of carbonyl (C=O) groups is 2. The number of rotatable bonds is 3. The molecule has 0 saturated carbocycles. The lowest BCUT2D eigenvalue weighted by Crippen LogP contribution is -2.43. The Morgan fingerprint density at radius 1 is 1.19 bits per heavy atom. The summed E-state index contributed by atoms with van der Waals surface area (Å²) in [6.45, 7) is 0. The van der Waals surface area contributed by atoms with Gasteiger partial charge in [-0.1, -0.05) is 23.9 Å². The second kappa shape index (κ2) is 7.65. The monoisotopic (exact) mass is 375 g/mol. The van der Waals surface area contributed by atoms with Gasteiger partial charge in [-0.05, 0) is 36.4 Å². The predicted octanol–water partition coefficient (Wildman–Crippen LogP) is 3.55. The van der Waals surface area contributed by atoms with E-state index in [2.05, 4.69) is 10.3 Å². The number of amides is 2. The van der Waals surface area contributed by atoms with Gasteiger partial charge in [0.2, 0.25) is 11.8 Å². The van der Waals surface area contributed by atoms with Crippen LogP contribution in [0.5, 0.6) is 0 Å². The van der Waals surface area contributed by atoms with Gasteiger partial charge in [-0.25, -0.2) is 13.8 Å². The maximum Gasteiger partial charge on any atom is 0.238 e. The largest absolute Gasteiger partial charge is 0.323 e. The number of nitrogens with zero attached hydrogens (tertiary/aromatic N) is 2. The molecule has 5 nitrogen and oxygen atoms in total. The van der Waals surface area contributed by atoms with Crippen LogP contribution in [-0.4, -0.2) is 34.2 Å². The Kier molecular flexibility index (Phi) is 5.32. The highest BCUT2D eigenvalue weighted by Gasteiger charge is 2.34. The number of nitrogens with one attached hydrogen (secondary N) is 1. The number of carbonyl (C=O) groups excluding carboxylic acids is 2. The number of benzene rings is 2. The molecule has 0 radical (unpaired) electrons. The van der Waals surface area contributed by atoms with Crippen molar-refractivity contribution in [3.8, 4) is 0 Å². The number of amidine groups is 1. The Morgan fingerprint density at radius 2 is 1.88 bits per heavy atom. The summed E-state index contributed by atoms with van der Waals surface area (Å²) in [5.41, 5.74) is 0.519. The molecule has 1 unspecified atom stereocenters. The molecule has 0 spiro atoms. The van der Waals surface area contributed by atoms with Crippen LogP contribution in [0.25, 0.3) is 0 Å². The number of hydrogen-bond acceptors (Lipinski definition) is 4. The van der Waals surface area contributed by atoms with Crippen molar-refractivity contribution in [2.75, 3.05) is 12.4 Å². The predicted molar refractivity (Wildman–Crippen MR) is 97.3 cm³/mol. The fourth-order valence-corrected chi connectivity index (χ4v) is 3.36. The fourth-order valence-electron chi connectivity index (χ4n) is 2.30. The van der Waals surface area contributed by atoms with Gasteiger partial charge < -0.3 is 5.32 Å². The number of thioether (sulfide) groups is 1. The zero-order valence-corrected chi connectivity index (χ0v) is 14.6. The van der Waals surface area contributed by atoms with Crippen LogP contribution in [0.2, 0.25) is 0 Å². The minimum atomic E-state index is -0.738. The molecule has 0 aromatic heterocycles. The van der Waals surface area contributed by atoms with Crippen molar-refractivity contribution in [3.63, 3.8) is 0 Å². The molecule has 8 heteroatoms. The third-order valence-electron chi connectivity index (χ3n) is 3.74. The van der Waals surface area contributed by atoms with Gasteiger partial charge in [0.25, 0.3) is 0 Å². The van der Waals surface area contributed by atoms with E-state index >= 15 is 0 Å². The van der Waals surface area contributed by atoms with Gasteiger partial charge >= 0.3 is 0 Å². The molecule has 1 aliphatic rings. The molecule has 1 saturated heterocycles. The first-order chi connectivity index (χ1) is 12.4. The topological polar surface area (TPSA) is 61.8 Å². The molecule has 1 aliphatic heterocycles. The van der Waals surface area contributed by atoms with Crippen molar-refractivity contribution in [1.82, 2.24) is 4.90 Å². The first-order valence-electron chi connectivity index (χ1n) is 7.77. The van der Waals surface area contributed by atoms with E-state index in [0.29, 0.717) is 10.9 Å². The molecule has 1 N–H and O–H groups in total. The van der Waals surface area contributed by atoms with E-state index in [1.54, 1.807) is 13.1 Å². The summed E-state index contributed by atoms with van der Waals surface area (Å²) < 4.78 is 26.7. The van der Waals surface area contributed by atoms with Crippen molar-refractivity contribution in [2.24, 2.45) is 4.99 Å². The third kappa shape index (κ3) is 4.08. The molecule has 2 amide bonds. The summed E-state index contributed by atoms with van der Waals surface area (Å²) in [4.78, 5) is 30.3. The highest BCUT2D eigenvalue weighted by molar-refractivity contribution is 8.15. The molecule has 0 bridgehead atoms. The van der Waals surface area contributed by atoms with E-state index in [9.17, 15) is 18.4 Å². The maximum absolute atomic E-state index is 13.7. The lowest BCUT2D eigenvalue weighted by molar-refractivity contribution is -0.128. The summed E-state index contributed by atoms with van der Waals surface area (Å²) in [5.74, 6) is -1.70. The highest BCUT2D eigenvalue weighted by Crippen LogP contribution is 2.29. The van der Waals surface area contributed by atoms with Crippen LogP contribution in [0.3, 0.4) is 0 Å². The fraction of sp³-hybridized carbons (Fsp3) is 0.167. The quantitative estimate of drug-likeness (QED) is 0.892. The van der Waals surface area contributed by atoms with Gasteiger partial charge in [-0.3, -0.25) is 14.5 Å². The smallest absolute Gasteiger partial charge is 0.238 e. The zero-order chi connectivity index (χ0) is 18.7. The molecule has 1 fully saturated rings. The molecule has 26 heavy (non-hydrogen) atoms. The molecule has 1 atom stereocenters. The minimum absolute atomic E-state index is 0.0239. The second-order valence-electron chi connectivity index (χ2n) is 5.60. The second-order valence-corrected chi connectivity index (χ2v) is 6.77. The Labute approximate surface area is 153 Å². The van der Waals surface area contributed by atoms with E-state index in [1.807, 2.05) is 0 Å². The van der Waals surface area contributed by atoms with Crippen LogP contribution in [0.1, 0.15) is 6.42 Å². The maximum atomic E-state index is 13.7. The summed E-state index contributed by atoms with van der Waals surface area (Å²) in [6, 6.07) is 11.3. The summed E-state index contributed by atoms with van der Waals surface area (Å²) in [5, 5.41) is 2.08. The lowest BCUT2D eigenvalue weighted by Gasteiger charge is -2.28. The van der Waals surface area contributed by atoms with E-state index < -0.39 is 22.8 Å². The van der Waals surface area contributed by atoms with Crippen LogP contribution in [-0.2, 0) is 9.59 Å². The van der Waals surface area contributed by atoms with Crippen LogP contribution < -0.4 is 5.32 Å². The molecular weight excluding hydrogens is 360 g/mol. The number of anilines is 1. The summed E-state index contributed by atoms with van der Waals surface area (Å²) >= 11 is 1.10. The Bertz CT molecular complexity index is 871. The van der Waals surface area contributed by atoms with Gasteiger partial charge in [-0.15, -0.1) is 0 Å². The van der Waals surface area contributed by atoms with E-state index in [0.717, 1.165) is 11.8 Å². The Morgan fingerprint density at radius 3 is 2.58 bits per heavy atom. The Hall–Kier alpha value is -2.74. The van der Waals surface area contributed by atoms with Crippen molar-refractivity contribution < 1.29 is 18.4 Å². The molecule has 2 aromatic carbocycles. The minimum Gasteiger partial charge on any atom is -0.323 e. The normalized spacial score (nSPS) is 18.9. The van der Waals surface area contributed by atoms with Crippen LogP contribution in [0, 0.1) is 11.6 Å². The SMILES string of the molecule is CN1C(=O)CC(C(=O)Nc2ccccc2F)SC1=Nc1ccc(F)cc1. The van der Waals surface area contributed by atoms with E-state index in [1.165, 1.54) is 47.4 Å². The summed E-state index contributed by atoms with van der Waals surface area (Å²) in [6.07, 6.45) is -0.0239. The average Bonchev–Trinajstić information content (AvgIpc) is 2.62. The van der Waals surface area contributed by atoms with Gasteiger partial charge in [0.15, 0.2) is 5.17 Å². The van der Waals surface area contributed by atoms with Gasteiger partial charge in [0, 0.05) is 13.5 Å².